The molecule has 0 spiro atoms. The minimum atomic E-state index is 0.911. The van der Waals surface area contributed by atoms with Crippen LogP contribution in [0.3, 0.4) is 0 Å². The largest absolute Gasteiger partial charge is 0.457 e. The van der Waals surface area contributed by atoms with Crippen LogP contribution in [0.2, 0.25) is 0 Å². The van der Waals surface area contributed by atoms with Gasteiger partial charge in [0, 0.05) is 0 Å². The first-order valence-electron chi connectivity index (χ1n) is 4.95. The predicted octanol–water partition coefficient (Wildman–Crippen LogP) is 3.69. The van der Waals surface area contributed by atoms with Crippen molar-refractivity contribution in [2.24, 2.45) is 0 Å². The number of allylic oxidation sites excluding steroid dienone is 3. The van der Waals surface area contributed by atoms with E-state index in [0.29, 0.717) is 0 Å². The summed E-state index contributed by atoms with van der Waals surface area (Å²) in [5, 5.41) is 0. The van der Waals surface area contributed by atoms with Gasteiger partial charge in [0.1, 0.15) is 11.5 Å². The highest BCUT2D eigenvalue weighted by molar-refractivity contribution is 5.30. The SMILES string of the molecule is CC1=C(Oc2ccccc2)C=CCC1. The molecular formula is C13H14O. The molecule has 0 fully saturated rings. The highest BCUT2D eigenvalue weighted by Crippen LogP contribution is 2.22. The van der Waals surface area contributed by atoms with Gasteiger partial charge in [0.25, 0.3) is 0 Å². The third kappa shape index (κ3) is 2.05. The fourth-order valence-electron chi connectivity index (χ4n) is 1.49. The second kappa shape index (κ2) is 4.14. The molecule has 0 saturated carbocycles. The van der Waals surface area contributed by atoms with E-state index in [0.717, 1.165) is 24.4 Å². The lowest BCUT2D eigenvalue weighted by molar-refractivity contribution is 0.432. The molecule has 0 atom stereocenters. The molecule has 0 amide bonds. The summed E-state index contributed by atoms with van der Waals surface area (Å²) in [5.41, 5.74) is 1.33. The molecule has 2 rings (SSSR count). The van der Waals surface area contributed by atoms with Gasteiger partial charge in [0.05, 0.1) is 0 Å². The summed E-state index contributed by atoms with van der Waals surface area (Å²) in [6, 6.07) is 9.91. The molecule has 1 aliphatic carbocycles. The molecular weight excluding hydrogens is 172 g/mol. The Bertz CT molecular complexity index is 360. The van der Waals surface area contributed by atoms with E-state index in [1.54, 1.807) is 0 Å². The van der Waals surface area contributed by atoms with Crippen molar-refractivity contribution >= 4 is 0 Å². The molecule has 0 bridgehead atoms. The average Bonchev–Trinajstić information content (AvgIpc) is 2.23. The van der Waals surface area contributed by atoms with Crippen LogP contribution in [0.5, 0.6) is 5.75 Å². The van der Waals surface area contributed by atoms with Gasteiger partial charge in [-0.1, -0.05) is 24.3 Å². The Morgan fingerprint density at radius 3 is 2.64 bits per heavy atom. The van der Waals surface area contributed by atoms with Crippen LogP contribution >= 0.6 is 0 Å². The van der Waals surface area contributed by atoms with Crippen LogP contribution in [0.4, 0.5) is 0 Å². The minimum absolute atomic E-state index is 0.911. The normalized spacial score (nSPS) is 15.8. The van der Waals surface area contributed by atoms with Crippen LogP contribution in [0.25, 0.3) is 0 Å². The molecule has 0 radical (unpaired) electrons. The lowest BCUT2D eigenvalue weighted by Gasteiger charge is -2.13. The van der Waals surface area contributed by atoms with E-state index < -0.39 is 0 Å². The molecule has 0 unspecified atom stereocenters. The van der Waals surface area contributed by atoms with Crippen LogP contribution in [0, 0.1) is 0 Å². The molecule has 0 heterocycles. The molecule has 0 saturated heterocycles. The zero-order valence-electron chi connectivity index (χ0n) is 8.36. The molecule has 1 aromatic carbocycles. The van der Waals surface area contributed by atoms with Gasteiger partial charge in [-0.15, -0.1) is 0 Å². The molecule has 0 aliphatic heterocycles. The van der Waals surface area contributed by atoms with Crippen LogP contribution < -0.4 is 4.74 Å². The van der Waals surface area contributed by atoms with Gasteiger partial charge in [-0.3, -0.25) is 0 Å². The number of ether oxygens (including phenoxy) is 1. The van der Waals surface area contributed by atoms with E-state index in [-0.39, 0.29) is 0 Å². The maximum atomic E-state index is 5.76. The van der Waals surface area contributed by atoms with Crippen molar-refractivity contribution in [3.63, 3.8) is 0 Å². The molecule has 0 N–H and O–H groups in total. The van der Waals surface area contributed by atoms with Gasteiger partial charge in [-0.2, -0.15) is 0 Å². The Labute approximate surface area is 84.7 Å². The fraction of sp³-hybridized carbons (Fsp3) is 0.231. The molecule has 1 nitrogen and oxygen atoms in total. The second-order valence-corrected chi connectivity index (χ2v) is 3.50. The summed E-state index contributed by atoms with van der Waals surface area (Å²) >= 11 is 0. The first-order chi connectivity index (χ1) is 6.86. The fourth-order valence-corrected chi connectivity index (χ4v) is 1.49. The maximum Gasteiger partial charge on any atom is 0.127 e. The molecule has 14 heavy (non-hydrogen) atoms. The number of benzene rings is 1. The van der Waals surface area contributed by atoms with E-state index in [4.69, 9.17) is 4.74 Å². The highest BCUT2D eigenvalue weighted by Gasteiger charge is 2.05. The minimum Gasteiger partial charge on any atom is -0.457 e. The molecule has 0 aromatic heterocycles. The van der Waals surface area contributed by atoms with Crippen LogP contribution in [0.1, 0.15) is 19.8 Å². The van der Waals surface area contributed by atoms with Crippen molar-refractivity contribution in [1.29, 1.82) is 0 Å². The zero-order valence-corrected chi connectivity index (χ0v) is 8.36. The lowest BCUT2D eigenvalue weighted by atomic mass is 10.1. The summed E-state index contributed by atoms with van der Waals surface area (Å²) < 4.78 is 5.76. The van der Waals surface area contributed by atoms with Crippen molar-refractivity contribution in [2.45, 2.75) is 19.8 Å². The van der Waals surface area contributed by atoms with Crippen molar-refractivity contribution in [3.05, 3.63) is 53.8 Å². The Kier molecular flexibility index (Phi) is 2.68. The zero-order chi connectivity index (χ0) is 9.80. The quantitative estimate of drug-likeness (QED) is 0.684. The third-order valence-corrected chi connectivity index (χ3v) is 2.35. The van der Waals surface area contributed by atoms with E-state index in [1.165, 1.54) is 5.57 Å². The summed E-state index contributed by atoms with van der Waals surface area (Å²) in [4.78, 5) is 0. The monoisotopic (exact) mass is 186 g/mol. The van der Waals surface area contributed by atoms with Gasteiger partial charge >= 0.3 is 0 Å². The second-order valence-electron chi connectivity index (χ2n) is 3.50. The van der Waals surface area contributed by atoms with Gasteiger partial charge in [-0.05, 0) is 43.5 Å². The topological polar surface area (TPSA) is 9.23 Å². The molecule has 1 heteroatoms. The summed E-state index contributed by atoms with van der Waals surface area (Å²) in [6.07, 6.45) is 6.46. The van der Waals surface area contributed by atoms with Crippen LogP contribution in [-0.4, -0.2) is 0 Å². The Hall–Kier alpha value is -1.50. The van der Waals surface area contributed by atoms with Crippen molar-refractivity contribution in [3.8, 4) is 5.75 Å². The predicted molar refractivity (Wildman–Crippen MR) is 58.1 cm³/mol. The number of hydrogen-bond donors (Lipinski definition) is 0. The van der Waals surface area contributed by atoms with Crippen molar-refractivity contribution in [2.75, 3.05) is 0 Å². The van der Waals surface area contributed by atoms with E-state index in [9.17, 15) is 0 Å². The van der Waals surface area contributed by atoms with Gasteiger partial charge in [0.2, 0.25) is 0 Å². The van der Waals surface area contributed by atoms with Crippen molar-refractivity contribution < 1.29 is 4.74 Å². The molecule has 72 valence electrons. The van der Waals surface area contributed by atoms with Gasteiger partial charge in [0.15, 0.2) is 0 Å². The Balaban J connectivity index is 2.15. The average molecular weight is 186 g/mol. The summed E-state index contributed by atoms with van der Waals surface area (Å²) in [7, 11) is 0. The van der Waals surface area contributed by atoms with Crippen LogP contribution in [-0.2, 0) is 0 Å². The Morgan fingerprint density at radius 2 is 1.93 bits per heavy atom. The maximum absolute atomic E-state index is 5.76. The van der Waals surface area contributed by atoms with Gasteiger partial charge < -0.3 is 4.74 Å². The smallest absolute Gasteiger partial charge is 0.127 e. The Morgan fingerprint density at radius 1 is 1.14 bits per heavy atom. The number of hydrogen-bond acceptors (Lipinski definition) is 1. The standard InChI is InChI=1S/C13H14O/c1-11-7-5-6-10-13(11)14-12-8-3-2-4-9-12/h2-4,6,8-10H,5,7H2,1H3. The summed E-state index contributed by atoms with van der Waals surface area (Å²) in [5.74, 6) is 1.91. The van der Waals surface area contributed by atoms with E-state index >= 15 is 0 Å². The van der Waals surface area contributed by atoms with Gasteiger partial charge in [-0.25, -0.2) is 0 Å². The van der Waals surface area contributed by atoms with Crippen LogP contribution in [0.15, 0.2) is 53.8 Å². The first-order valence-corrected chi connectivity index (χ1v) is 4.95. The van der Waals surface area contributed by atoms with E-state index in [2.05, 4.69) is 19.1 Å². The first kappa shape index (κ1) is 9.07. The molecule has 1 aliphatic rings. The summed E-state index contributed by atoms with van der Waals surface area (Å²) in [6.45, 7) is 2.13. The van der Waals surface area contributed by atoms with E-state index in [1.807, 2.05) is 30.3 Å². The third-order valence-electron chi connectivity index (χ3n) is 2.35. The lowest BCUT2D eigenvalue weighted by Crippen LogP contribution is -1.99. The number of rotatable bonds is 2. The molecule has 1 aromatic rings. The van der Waals surface area contributed by atoms with Crippen molar-refractivity contribution in [1.82, 2.24) is 0 Å². The highest BCUT2D eigenvalue weighted by atomic mass is 16.5. The number of para-hydroxylation sites is 1.